The quantitative estimate of drug-likeness (QED) is 0.850. The SMILES string of the molecule is CC1CCN(c2cc(C(N)=S)c3ccccc3n2)C1CO. The molecule has 3 rings (SSSR count). The number of aliphatic hydroxyl groups is 1. The maximum atomic E-state index is 9.64. The summed E-state index contributed by atoms with van der Waals surface area (Å²) in [6, 6.07) is 9.92. The Kier molecular flexibility index (Phi) is 3.78. The Morgan fingerprint density at radius 3 is 2.95 bits per heavy atom. The number of nitrogens with zero attached hydrogens (tertiary/aromatic N) is 2. The number of hydrogen-bond donors (Lipinski definition) is 2. The fourth-order valence-electron chi connectivity index (χ4n) is 3.08. The molecular formula is C16H19N3OS. The standard InChI is InChI=1S/C16H19N3OS/c1-10-6-7-19(14(10)9-20)15-8-12(16(17)21)11-4-2-3-5-13(11)18-15/h2-5,8,10,14,20H,6-7,9H2,1H3,(H2,17,21). The van der Waals surface area contributed by atoms with Crippen molar-refractivity contribution in [2.75, 3.05) is 18.1 Å². The summed E-state index contributed by atoms with van der Waals surface area (Å²) in [6.07, 6.45) is 1.06. The highest BCUT2D eigenvalue weighted by Crippen LogP contribution is 2.31. The number of benzene rings is 1. The molecule has 3 N–H and O–H groups in total. The van der Waals surface area contributed by atoms with Crippen LogP contribution in [0.3, 0.4) is 0 Å². The topological polar surface area (TPSA) is 62.4 Å². The van der Waals surface area contributed by atoms with Gasteiger partial charge in [0.25, 0.3) is 0 Å². The van der Waals surface area contributed by atoms with Gasteiger partial charge in [0.2, 0.25) is 0 Å². The van der Waals surface area contributed by atoms with Crippen molar-refractivity contribution in [2.45, 2.75) is 19.4 Å². The van der Waals surface area contributed by atoms with Crippen molar-refractivity contribution in [1.29, 1.82) is 0 Å². The van der Waals surface area contributed by atoms with Gasteiger partial charge in [-0.3, -0.25) is 0 Å². The summed E-state index contributed by atoms with van der Waals surface area (Å²) < 4.78 is 0. The van der Waals surface area contributed by atoms with Crippen LogP contribution >= 0.6 is 12.2 Å². The van der Waals surface area contributed by atoms with Crippen LogP contribution in [0, 0.1) is 5.92 Å². The average molecular weight is 301 g/mol. The first kappa shape index (κ1) is 14.2. The normalized spacial score (nSPS) is 21.9. The average Bonchev–Trinajstić information content (AvgIpc) is 2.86. The molecule has 0 saturated carbocycles. The van der Waals surface area contributed by atoms with Crippen molar-refractivity contribution in [3.8, 4) is 0 Å². The Labute approximate surface area is 129 Å². The number of aliphatic hydroxyl groups excluding tert-OH is 1. The van der Waals surface area contributed by atoms with E-state index in [0.717, 1.165) is 35.2 Å². The van der Waals surface area contributed by atoms with E-state index in [0.29, 0.717) is 10.9 Å². The van der Waals surface area contributed by atoms with Crippen LogP contribution in [0.2, 0.25) is 0 Å². The fraction of sp³-hybridized carbons (Fsp3) is 0.375. The summed E-state index contributed by atoms with van der Waals surface area (Å²) in [6.45, 7) is 3.20. The first-order chi connectivity index (χ1) is 10.1. The molecule has 1 aliphatic heterocycles. The van der Waals surface area contributed by atoms with E-state index in [4.69, 9.17) is 22.9 Å². The van der Waals surface area contributed by atoms with Crippen molar-refractivity contribution in [2.24, 2.45) is 11.7 Å². The third kappa shape index (κ3) is 2.47. The molecule has 0 bridgehead atoms. The van der Waals surface area contributed by atoms with Crippen LogP contribution in [0.1, 0.15) is 18.9 Å². The molecule has 110 valence electrons. The molecule has 21 heavy (non-hydrogen) atoms. The maximum absolute atomic E-state index is 9.64. The molecule has 1 aromatic heterocycles. The van der Waals surface area contributed by atoms with Crippen LogP contribution in [0.15, 0.2) is 30.3 Å². The molecule has 0 radical (unpaired) electrons. The molecule has 2 aromatic rings. The largest absolute Gasteiger partial charge is 0.394 e. The molecule has 1 fully saturated rings. The Morgan fingerprint density at radius 1 is 1.48 bits per heavy atom. The summed E-state index contributed by atoms with van der Waals surface area (Å²) >= 11 is 5.19. The highest BCUT2D eigenvalue weighted by atomic mass is 32.1. The van der Waals surface area contributed by atoms with Gasteiger partial charge in [-0.15, -0.1) is 0 Å². The second-order valence-electron chi connectivity index (χ2n) is 5.62. The number of pyridine rings is 1. The van der Waals surface area contributed by atoms with E-state index in [1.54, 1.807) is 0 Å². The maximum Gasteiger partial charge on any atom is 0.130 e. The minimum atomic E-state index is 0.109. The van der Waals surface area contributed by atoms with Crippen molar-refractivity contribution >= 4 is 33.9 Å². The first-order valence-electron chi connectivity index (χ1n) is 7.19. The van der Waals surface area contributed by atoms with E-state index in [1.807, 2.05) is 30.3 Å². The number of rotatable bonds is 3. The summed E-state index contributed by atoms with van der Waals surface area (Å²) in [5, 5.41) is 10.6. The minimum Gasteiger partial charge on any atom is -0.394 e. The number of anilines is 1. The Bertz CT molecular complexity index is 688. The van der Waals surface area contributed by atoms with Crippen molar-refractivity contribution < 1.29 is 5.11 Å². The van der Waals surface area contributed by atoms with Crippen molar-refractivity contribution in [3.05, 3.63) is 35.9 Å². The van der Waals surface area contributed by atoms with Gasteiger partial charge in [0.15, 0.2) is 0 Å². The molecule has 4 nitrogen and oxygen atoms in total. The number of hydrogen-bond acceptors (Lipinski definition) is 4. The van der Waals surface area contributed by atoms with Gasteiger partial charge in [0.1, 0.15) is 10.8 Å². The molecule has 1 aliphatic rings. The van der Waals surface area contributed by atoms with Crippen LogP contribution in [-0.2, 0) is 0 Å². The van der Waals surface area contributed by atoms with Gasteiger partial charge in [0, 0.05) is 17.5 Å². The predicted octanol–water partition coefficient (Wildman–Crippen LogP) is 2.08. The van der Waals surface area contributed by atoms with Gasteiger partial charge in [-0.05, 0) is 24.5 Å². The Morgan fingerprint density at radius 2 is 2.24 bits per heavy atom. The lowest BCUT2D eigenvalue weighted by Crippen LogP contribution is -2.36. The fourth-order valence-corrected chi connectivity index (χ4v) is 3.25. The monoisotopic (exact) mass is 301 g/mol. The van der Waals surface area contributed by atoms with Crippen LogP contribution < -0.4 is 10.6 Å². The van der Waals surface area contributed by atoms with Gasteiger partial charge in [0.05, 0.1) is 18.2 Å². The molecule has 0 spiro atoms. The molecule has 2 unspecified atom stereocenters. The molecule has 0 aliphatic carbocycles. The second-order valence-corrected chi connectivity index (χ2v) is 6.06. The van der Waals surface area contributed by atoms with Crippen LogP contribution in [-0.4, -0.2) is 34.3 Å². The number of thiocarbonyl (C=S) groups is 1. The van der Waals surface area contributed by atoms with Gasteiger partial charge in [-0.25, -0.2) is 4.98 Å². The molecule has 2 heterocycles. The highest BCUT2D eigenvalue weighted by molar-refractivity contribution is 7.80. The van der Waals surface area contributed by atoms with E-state index in [-0.39, 0.29) is 12.6 Å². The number of nitrogens with two attached hydrogens (primary N) is 1. The predicted molar refractivity (Wildman–Crippen MR) is 89.6 cm³/mol. The molecule has 1 saturated heterocycles. The molecule has 0 amide bonds. The molecule has 5 heteroatoms. The van der Waals surface area contributed by atoms with Crippen molar-refractivity contribution in [1.82, 2.24) is 4.98 Å². The van der Waals surface area contributed by atoms with Gasteiger partial charge >= 0.3 is 0 Å². The van der Waals surface area contributed by atoms with Crippen LogP contribution in [0.4, 0.5) is 5.82 Å². The van der Waals surface area contributed by atoms with Gasteiger partial charge in [-0.1, -0.05) is 37.3 Å². The molecular weight excluding hydrogens is 282 g/mol. The van der Waals surface area contributed by atoms with E-state index in [9.17, 15) is 5.11 Å². The minimum absolute atomic E-state index is 0.109. The molecule has 1 aromatic carbocycles. The lowest BCUT2D eigenvalue weighted by Gasteiger charge is -2.27. The third-order valence-electron chi connectivity index (χ3n) is 4.33. The summed E-state index contributed by atoms with van der Waals surface area (Å²) in [4.78, 5) is 7.28. The molecule has 2 atom stereocenters. The van der Waals surface area contributed by atoms with Crippen molar-refractivity contribution in [3.63, 3.8) is 0 Å². The number of para-hydroxylation sites is 1. The van der Waals surface area contributed by atoms with E-state index < -0.39 is 0 Å². The lowest BCUT2D eigenvalue weighted by atomic mass is 10.0. The Hall–Kier alpha value is -1.72. The zero-order valence-electron chi connectivity index (χ0n) is 12.0. The van der Waals surface area contributed by atoms with E-state index in [1.165, 1.54) is 0 Å². The van der Waals surface area contributed by atoms with Gasteiger partial charge < -0.3 is 15.7 Å². The zero-order chi connectivity index (χ0) is 15.0. The zero-order valence-corrected chi connectivity index (χ0v) is 12.8. The van der Waals surface area contributed by atoms with E-state index in [2.05, 4.69) is 11.8 Å². The summed E-state index contributed by atoms with van der Waals surface area (Å²) in [5.74, 6) is 1.30. The van der Waals surface area contributed by atoms with Crippen LogP contribution in [0.5, 0.6) is 0 Å². The lowest BCUT2D eigenvalue weighted by molar-refractivity contribution is 0.244. The third-order valence-corrected chi connectivity index (χ3v) is 4.55. The number of aromatic nitrogens is 1. The highest BCUT2D eigenvalue weighted by Gasteiger charge is 2.31. The summed E-state index contributed by atoms with van der Waals surface area (Å²) in [7, 11) is 0. The Balaban J connectivity index is 2.13. The number of fused-ring (bicyclic) bond motifs is 1. The van der Waals surface area contributed by atoms with E-state index >= 15 is 0 Å². The smallest absolute Gasteiger partial charge is 0.130 e. The summed E-state index contributed by atoms with van der Waals surface area (Å²) in [5.41, 5.74) is 7.61. The van der Waals surface area contributed by atoms with Gasteiger partial charge in [-0.2, -0.15) is 0 Å². The first-order valence-corrected chi connectivity index (χ1v) is 7.59. The van der Waals surface area contributed by atoms with Crippen LogP contribution in [0.25, 0.3) is 10.9 Å². The second kappa shape index (κ2) is 5.58.